The first-order valence-electron chi connectivity index (χ1n) is 7.49. The van der Waals surface area contributed by atoms with E-state index in [-0.39, 0.29) is 17.6 Å². The molecule has 7 heteroatoms. The Bertz CT molecular complexity index is 739. The Morgan fingerprint density at radius 1 is 1.35 bits per heavy atom. The van der Waals surface area contributed by atoms with Crippen LogP contribution in [0.4, 0.5) is 4.39 Å². The highest BCUT2D eigenvalue weighted by atomic mass is 19.1. The van der Waals surface area contributed by atoms with Crippen molar-refractivity contribution < 1.29 is 14.0 Å². The number of nitrogens with one attached hydrogen (secondary N) is 2. The van der Waals surface area contributed by atoms with E-state index in [0.29, 0.717) is 37.3 Å². The van der Waals surface area contributed by atoms with E-state index in [0.717, 1.165) is 11.3 Å². The van der Waals surface area contributed by atoms with E-state index >= 15 is 0 Å². The van der Waals surface area contributed by atoms with E-state index in [9.17, 15) is 14.0 Å². The molecule has 2 N–H and O–H groups in total. The van der Waals surface area contributed by atoms with Crippen LogP contribution in [0.15, 0.2) is 24.3 Å². The summed E-state index contributed by atoms with van der Waals surface area (Å²) in [6.07, 6.45) is 0.606. The quantitative estimate of drug-likeness (QED) is 0.901. The molecule has 0 saturated carbocycles. The number of H-pyrrole nitrogens is 1. The summed E-state index contributed by atoms with van der Waals surface area (Å²) in [4.78, 5) is 26.2. The van der Waals surface area contributed by atoms with Crippen molar-refractivity contribution in [3.05, 3.63) is 52.6 Å². The second kappa shape index (κ2) is 6.20. The van der Waals surface area contributed by atoms with Crippen LogP contribution in [0, 0.1) is 5.82 Å². The molecule has 23 heavy (non-hydrogen) atoms. The summed E-state index contributed by atoms with van der Waals surface area (Å²) in [5, 5.41) is 9.66. The molecule has 0 radical (unpaired) electrons. The maximum absolute atomic E-state index is 13.0. The molecule has 0 unspecified atom stereocenters. The monoisotopic (exact) mass is 316 g/mol. The number of hydrogen-bond donors (Lipinski definition) is 2. The SMILES string of the molecule is CCNC(=O)c1n[nH]c2c1CN(C(=O)c1ccc(F)cc1)CC2. The van der Waals surface area contributed by atoms with Gasteiger partial charge in [0.1, 0.15) is 5.82 Å². The number of aromatic nitrogens is 2. The Labute approximate surface area is 132 Å². The fourth-order valence-electron chi connectivity index (χ4n) is 2.68. The third-order valence-corrected chi connectivity index (χ3v) is 3.86. The molecule has 0 bridgehead atoms. The predicted molar refractivity (Wildman–Crippen MR) is 81.4 cm³/mol. The molecule has 3 rings (SSSR count). The number of fused-ring (bicyclic) bond motifs is 1. The summed E-state index contributed by atoms with van der Waals surface area (Å²) >= 11 is 0. The lowest BCUT2D eigenvalue weighted by atomic mass is 10.0. The first kappa shape index (κ1) is 15.2. The summed E-state index contributed by atoms with van der Waals surface area (Å²) in [5.41, 5.74) is 2.39. The van der Waals surface area contributed by atoms with Gasteiger partial charge in [-0.2, -0.15) is 5.10 Å². The van der Waals surface area contributed by atoms with E-state index in [1.54, 1.807) is 4.90 Å². The van der Waals surface area contributed by atoms with Crippen molar-refractivity contribution in [3.63, 3.8) is 0 Å². The number of halogens is 1. The number of carbonyl (C=O) groups excluding carboxylic acids is 2. The van der Waals surface area contributed by atoms with Crippen molar-refractivity contribution >= 4 is 11.8 Å². The Hall–Kier alpha value is -2.70. The van der Waals surface area contributed by atoms with Crippen LogP contribution in [0.3, 0.4) is 0 Å². The predicted octanol–water partition coefficient (Wildman–Crippen LogP) is 1.50. The van der Waals surface area contributed by atoms with Gasteiger partial charge in [-0.3, -0.25) is 14.7 Å². The molecule has 6 nitrogen and oxygen atoms in total. The first-order chi connectivity index (χ1) is 11.1. The van der Waals surface area contributed by atoms with Gasteiger partial charge in [0.25, 0.3) is 11.8 Å². The van der Waals surface area contributed by atoms with Gasteiger partial charge in [-0.05, 0) is 31.2 Å². The van der Waals surface area contributed by atoms with Crippen molar-refractivity contribution in [1.82, 2.24) is 20.4 Å². The van der Waals surface area contributed by atoms with E-state index in [1.807, 2.05) is 6.92 Å². The number of hydrogen-bond acceptors (Lipinski definition) is 3. The van der Waals surface area contributed by atoms with Crippen molar-refractivity contribution in [1.29, 1.82) is 0 Å². The van der Waals surface area contributed by atoms with Gasteiger partial charge in [0.2, 0.25) is 0 Å². The maximum Gasteiger partial charge on any atom is 0.272 e. The highest BCUT2D eigenvalue weighted by molar-refractivity contribution is 5.96. The number of aromatic amines is 1. The Kier molecular flexibility index (Phi) is 4.10. The fraction of sp³-hybridized carbons (Fsp3) is 0.312. The van der Waals surface area contributed by atoms with Gasteiger partial charge in [-0.25, -0.2) is 4.39 Å². The molecule has 2 heterocycles. The molecule has 1 aromatic heterocycles. The van der Waals surface area contributed by atoms with Crippen LogP contribution in [-0.2, 0) is 13.0 Å². The molecular formula is C16H17FN4O2. The summed E-state index contributed by atoms with van der Waals surface area (Å²) in [7, 11) is 0. The second-order valence-electron chi connectivity index (χ2n) is 5.37. The minimum atomic E-state index is -0.379. The molecule has 2 amide bonds. The smallest absolute Gasteiger partial charge is 0.272 e. The van der Waals surface area contributed by atoms with Gasteiger partial charge in [-0.1, -0.05) is 0 Å². The van der Waals surface area contributed by atoms with Crippen LogP contribution >= 0.6 is 0 Å². The largest absolute Gasteiger partial charge is 0.351 e. The lowest BCUT2D eigenvalue weighted by molar-refractivity contribution is 0.0731. The molecular weight excluding hydrogens is 299 g/mol. The maximum atomic E-state index is 13.0. The zero-order valence-corrected chi connectivity index (χ0v) is 12.7. The van der Waals surface area contributed by atoms with Crippen LogP contribution in [0.25, 0.3) is 0 Å². The van der Waals surface area contributed by atoms with Crippen molar-refractivity contribution in [2.24, 2.45) is 0 Å². The highest BCUT2D eigenvalue weighted by Crippen LogP contribution is 2.22. The zero-order chi connectivity index (χ0) is 16.4. The Morgan fingerprint density at radius 2 is 2.09 bits per heavy atom. The second-order valence-corrected chi connectivity index (χ2v) is 5.37. The standard InChI is InChI=1S/C16H17FN4O2/c1-2-18-15(22)14-12-9-21(8-7-13(12)19-20-14)16(23)10-3-5-11(17)6-4-10/h3-6H,2,7-9H2,1H3,(H,18,22)(H,19,20). The molecule has 1 aliphatic rings. The summed E-state index contributed by atoms with van der Waals surface area (Å²) < 4.78 is 13.0. The van der Waals surface area contributed by atoms with E-state index in [1.165, 1.54) is 24.3 Å². The van der Waals surface area contributed by atoms with Crippen LogP contribution in [0.2, 0.25) is 0 Å². The average Bonchev–Trinajstić information content (AvgIpc) is 2.98. The normalized spacial score (nSPS) is 13.6. The van der Waals surface area contributed by atoms with Crippen molar-refractivity contribution in [2.75, 3.05) is 13.1 Å². The van der Waals surface area contributed by atoms with E-state index < -0.39 is 0 Å². The topological polar surface area (TPSA) is 78.1 Å². The van der Waals surface area contributed by atoms with Crippen LogP contribution in [-0.4, -0.2) is 40.0 Å². The fourth-order valence-corrected chi connectivity index (χ4v) is 2.68. The number of amides is 2. The lowest BCUT2D eigenvalue weighted by Crippen LogP contribution is -2.37. The molecule has 1 aromatic carbocycles. The summed E-state index contributed by atoms with van der Waals surface area (Å²) in [6, 6.07) is 5.46. The number of benzene rings is 1. The molecule has 0 fully saturated rings. The molecule has 0 aliphatic carbocycles. The Balaban J connectivity index is 1.81. The lowest BCUT2D eigenvalue weighted by Gasteiger charge is -2.27. The first-order valence-corrected chi connectivity index (χ1v) is 7.49. The minimum absolute atomic E-state index is 0.182. The van der Waals surface area contributed by atoms with Crippen molar-refractivity contribution in [2.45, 2.75) is 19.9 Å². The number of nitrogens with zero attached hydrogens (tertiary/aromatic N) is 2. The van der Waals surface area contributed by atoms with Crippen molar-refractivity contribution in [3.8, 4) is 0 Å². The van der Waals surface area contributed by atoms with Gasteiger partial charge in [0.15, 0.2) is 5.69 Å². The van der Waals surface area contributed by atoms with Crippen LogP contribution in [0.1, 0.15) is 39.0 Å². The molecule has 1 aliphatic heterocycles. The summed E-state index contributed by atoms with van der Waals surface area (Å²) in [6.45, 7) is 3.19. The highest BCUT2D eigenvalue weighted by Gasteiger charge is 2.28. The van der Waals surface area contributed by atoms with Gasteiger partial charge < -0.3 is 10.2 Å². The Morgan fingerprint density at radius 3 is 2.78 bits per heavy atom. The number of carbonyl (C=O) groups is 2. The molecule has 0 spiro atoms. The average molecular weight is 316 g/mol. The third kappa shape index (κ3) is 2.94. The molecule has 2 aromatic rings. The van der Waals surface area contributed by atoms with E-state index in [4.69, 9.17) is 0 Å². The number of rotatable bonds is 3. The molecule has 0 saturated heterocycles. The van der Waals surface area contributed by atoms with Gasteiger partial charge in [-0.15, -0.1) is 0 Å². The van der Waals surface area contributed by atoms with Crippen LogP contribution < -0.4 is 5.32 Å². The third-order valence-electron chi connectivity index (χ3n) is 3.86. The van der Waals surface area contributed by atoms with Gasteiger partial charge in [0, 0.05) is 36.3 Å². The molecule has 120 valence electrons. The summed E-state index contributed by atoms with van der Waals surface area (Å²) in [5.74, 6) is -0.810. The van der Waals surface area contributed by atoms with Gasteiger partial charge in [0.05, 0.1) is 6.54 Å². The minimum Gasteiger partial charge on any atom is -0.351 e. The molecule has 0 atom stereocenters. The van der Waals surface area contributed by atoms with Crippen LogP contribution in [0.5, 0.6) is 0 Å². The van der Waals surface area contributed by atoms with E-state index in [2.05, 4.69) is 15.5 Å². The van der Waals surface area contributed by atoms with Gasteiger partial charge >= 0.3 is 0 Å². The zero-order valence-electron chi connectivity index (χ0n) is 12.7.